The van der Waals surface area contributed by atoms with Crippen LogP contribution >= 0.6 is 11.8 Å². The molecular formula is C22H25N5O2S. The molecule has 0 atom stereocenters. The van der Waals surface area contributed by atoms with Crippen LogP contribution in [-0.4, -0.2) is 52.7 Å². The third kappa shape index (κ3) is 4.66. The predicted molar refractivity (Wildman–Crippen MR) is 120 cm³/mol. The van der Waals surface area contributed by atoms with Crippen LogP contribution in [0.4, 0.5) is 11.6 Å². The summed E-state index contributed by atoms with van der Waals surface area (Å²) in [6, 6.07) is 17.9. The first-order chi connectivity index (χ1) is 14.8. The van der Waals surface area contributed by atoms with Gasteiger partial charge < -0.3 is 15.0 Å². The molecule has 0 spiro atoms. The molecule has 1 aliphatic heterocycles. The molecule has 0 bridgehead atoms. The Hall–Kier alpha value is -2.84. The number of benzene rings is 2. The van der Waals surface area contributed by atoms with Gasteiger partial charge in [0.2, 0.25) is 11.9 Å². The Labute approximate surface area is 180 Å². The fourth-order valence-corrected chi connectivity index (χ4v) is 4.24. The molecule has 1 aromatic heterocycles. The van der Waals surface area contributed by atoms with Crippen molar-refractivity contribution in [3.05, 3.63) is 54.6 Å². The number of nitrogens with one attached hydrogen (secondary N) is 1. The number of ether oxygens (including phenoxy) is 1. The van der Waals surface area contributed by atoms with Gasteiger partial charge in [0.25, 0.3) is 0 Å². The van der Waals surface area contributed by atoms with Crippen molar-refractivity contribution in [1.29, 1.82) is 0 Å². The molecule has 1 fully saturated rings. The standard InChI is InChI=1S/C22H25N5O2S/c1-2-27-21(26-12-14-29-15-13-26)24-25-22(27)30-16-20(28)23-19-11-7-6-10-18(19)17-8-4-3-5-9-17/h3-11H,2,12-16H2,1H3,(H,23,28). The summed E-state index contributed by atoms with van der Waals surface area (Å²) in [4.78, 5) is 14.8. The maximum absolute atomic E-state index is 12.7. The molecule has 3 aromatic rings. The lowest BCUT2D eigenvalue weighted by molar-refractivity contribution is -0.113. The number of thioether (sulfide) groups is 1. The minimum absolute atomic E-state index is 0.0676. The number of hydrogen-bond acceptors (Lipinski definition) is 6. The highest BCUT2D eigenvalue weighted by Crippen LogP contribution is 2.28. The smallest absolute Gasteiger partial charge is 0.234 e. The van der Waals surface area contributed by atoms with E-state index in [9.17, 15) is 4.79 Å². The van der Waals surface area contributed by atoms with Gasteiger partial charge in [0.1, 0.15) is 0 Å². The van der Waals surface area contributed by atoms with Crippen LogP contribution in [0.3, 0.4) is 0 Å². The summed E-state index contributed by atoms with van der Waals surface area (Å²) in [6.45, 7) is 5.82. The van der Waals surface area contributed by atoms with E-state index in [0.29, 0.717) is 13.2 Å². The Bertz CT molecular complexity index is 986. The summed E-state index contributed by atoms with van der Waals surface area (Å²) in [5.41, 5.74) is 2.88. The predicted octanol–water partition coefficient (Wildman–Crippen LogP) is 3.53. The average Bonchev–Trinajstić information content (AvgIpc) is 3.22. The van der Waals surface area contributed by atoms with E-state index in [1.54, 1.807) is 0 Å². The molecular weight excluding hydrogens is 398 g/mol. The first-order valence-electron chi connectivity index (χ1n) is 10.1. The summed E-state index contributed by atoms with van der Waals surface area (Å²) in [7, 11) is 0. The van der Waals surface area contributed by atoms with E-state index in [0.717, 1.165) is 47.6 Å². The van der Waals surface area contributed by atoms with Gasteiger partial charge in [0.15, 0.2) is 5.16 Å². The normalized spacial score (nSPS) is 14.0. The Morgan fingerprint density at radius 2 is 1.80 bits per heavy atom. The van der Waals surface area contributed by atoms with Crippen LogP contribution < -0.4 is 10.2 Å². The second-order valence-electron chi connectivity index (χ2n) is 6.87. The van der Waals surface area contributed by atoms with Crippen LogP contribution in [0.15, 0.2) is 59.8 Å². The highest BCUT2D eigenvalue weighted by Gasteiger charge is 2.20. The topological polar surface area (TPSA) is 72.3 Å². The molecule has 2 heterocycles. The van der Waals surface area contributed by atoms with E-state index in [4.69, 9.17) is 4.74 Å². The largest absolute Gasteiger partial charge is 0.378 e. The van der Waals surface area contributed by atoms with Crippen LogP contribution in [0.25, 0.3) is 11.1 Å². The Morgan fingerprint density at radius 3 is 2.57 bits per heavy atom. The third-order valence-electron chi connectivity index (χ3n) is 4.93. The minimum atomic E-state index is -0.0676. The molecule has 0 radical (unpaired) electrons. The van der Waals surface area contributed by atoms with E-state index < -0.39 is 0 Å². The molecule has 0 saturated carbocycles. The molecule has 1 N–H and O–H groups in total. The molecule has 0 unspecified atom stereocenters. The lowest BCUT2D eigenvalue weighted by Crippen LogP contribution is -2.38. The molecule has 1 saturated heterocycles. The quantitative estimate of drug-likeness (QED) is 0.586. The summed E-state index contributed by atoms with van der Waals surface area (Å²) < 4.78 is 7.48. The van der Waals surface area contributed by atoms with Crippen LogP contribution in [0.2, 0.25) is 0 Å². The lowest BCUT2D eigenvalue weighted by Gasteiger charge is -2.27. The molecule has 8 heteroatoms. The van der Waals surface area contributed by atoms with Crippen LogP contribution in [-0.2, 0) is 16.1 Å². The summed E-state index contributed by atoms with van der Waals surface area (Å²) in [6.07, 6.45) is 0. The van der Waals surface area contributed by atoms with Crippen molar-refractivity contribution in [2.75, 3.05) is 42.3 Å². The first kappa shape index (κ1) is 20.4. The van der Waals surface area contributed by atoms with Crippen molar-refractivity contribution in [2.45, 2.75) is 18.6 Å². The number of morpholine rings is 1. The molecule has 7 nitrogen and oxygen atoms in total. The summed E-state index contributed by atoms with van der Waals surface area (Å²) >= 11 is 1.40. The van der Waals surface area contributed by atoms with Crippen LogP contribution in [0.1, 0.15) is 6.92 Å². The van der Waals surface area contributed by atoms with Crippen molar-refractivity contribution < 1.29 is 9.53 Å². The van der Waals surface area contributed by atoms with Crippen molar-refractivity contribution in [3.63, 3.8) is 0 Å². The Kier molecular flexibility index (Phi) is 6.66. The SMILES string of the molecule is CCn1c(SCC(=O)Nc2ccccc2-c2ccccc2)nnc1N1CCOCC1. The van der Waals surface area contributed by atoms with E-state index in [1.807, 2.05) is 54.6 Å². The van der Waals surface area contributed by atoms with Crippen molar-refractivity contribution >= 4 is 29.3 Å². The number of carbonyl (C=O) groups excluding carboxylic acids is 1. The minimum Gasteiger partial charge on any atom is -0.378 e. The molecule has 4 rings (SSSR count). The molecule has 30 heavy (non-hydrogen) atoms. The van der Waals surface area contributed by atoms with Crippen molar-refractivity contribution in [3.8, 4) is 11.1 Å². The summed E-state index contributed by atoms with van der Waals surface area (Å²) in [5.74, 6) is 1.05. The maximum atomic E-state index is 12.7. The number of hydrogen-bond donors (Lipinski definition) is 1. The molecule has 0 aliphatic carbocycles. The maximum Gasteiger partial charge on any atom is 0.234 e. The number of aromatic nitrogens is 3. The van der Waals surface area contributed by atoms with E-state index in [-0.39, 0.29) is 11.7 Å². The van der Waals surface area contributed by atoms with Gasteiger partial charge in [-0.25, -0.2) is 0 Å². The van der Waals surface area contributed by atoms with Crippen molar-refractivity contribution in [2.24, 2.45) is 0 Å². The van der Waals surface area contributed by atoms with Gasteiger partial charge in [-0.3, -0.25) is 9.36 Å². The van der Waals surface area contributed by atoms with Gasteiger partial charge in [0, 0.05) is 30.9 Å². The zero-order chi connectivity index (χ0) is 20.8. The van der Waals surface area contributed by atoms with Gasteiger partial charge in [-0.05, 0) is 18.6 Å². The fraction of sp³-hybridized carbons (Fsp3) is 0.318. The molecule has 1 aliphatic rings. The lowest BCUT2D eigenvalue weighted by atomic mass is 10.0. The number of para-hydroxylation sites is 1. The van der Waals surface area contributed by atoms with Gasteiger partial charge >= 0.3 is 0 Å². The molecule has 156 valence electrons. The highest BCUT2D eigenvalue weighted by molar-refractivity contribution is 7.99. The molecule has 2 aromatic carbocycles. The number of nitrogens with zero attached hydrogens (tertiary/aromatic N) is 4. The zero-order valence-corrected chi connectivity index (χ0v) is 17.8. The van der Waals surface area contributed by atoms with Gasteiger partial charge in [-0.2, -0.15) is 0 Å². The second-order valence-corrected chi connectivity index (χ2v) is 7.82. The van der Waals surface area contributed by atoms with E-state index in [1.165, 1.54) is 11.8 Å². The first-order valence-corrected chi connectivity index (χ1v) is 11.1. The highest BCUT2D eigenvalue weighted by atomic mass is 32.2. The average molecular weight is 424 g/mol. The second kappa shape index (κ2) is 9.77. The number of carbonyl (C=O) groups is 1. The van der Waals surface area contributed by atoms with Gasteiger partial charge in [0.05, 0.1) is 19.0 Å². The van der Waals surface area contributed by atoms with Crippen molar-refractivity contribution in [1.82, 2.24) is 14.8 Å². The van der Waals surface area contributed by atoms with Gasteiger partial charge in [-0.1, -0.05) is 60.3 Å². The van der Waals surface area contributed by atoms with Crippen LogP contribution in [0, 0.1) is 0 Å². The van der Waals surface area contributed by atoms with Gasteiger partial charge in [-0.15, -0.1) is 10.2 Å². The third-order valence-corrected chi connectivity index (χ3v) is 5.89. The number of amides is 1. The number of rotatable bonds is 7. The molecule has 1 amide bonds. The fourth-order valence-electron chi connectivity index (χ4n) is 3.44. The van der Waals surface area contributed by atoms with Crippen LogP contribution in [0.5, 0.6) is 0 Å². The Balaban J connectivity index is 1.42. The summed E-state index contributed by atoms with van der Waals surface area (Å²) in [5, 5.41) is 12.5. The zero-order valence-electron chi connectivity index (χ0n) is 17.0. The Morgan fingerprint density at radius 1 is 1.07 bits per heavy atom. The monoisotopic (exact) mass is 423 g/mol. The van der Waals surface area contributed by atoms with E-state index >= 15 is 0 Å². The van der Waals surface area contributed by atoms with E-state index in [2.05, 4.69) is 31.9 Å². The number of anilines is 2.